The third kappa shape index (κ3) is 6.14. The highest BCUT2D eigenvalue weighted by molar-refractivity contribution is 7.89. The Morgan fingerprint density at radius 2 is 1.59 bits per heavy atom. The predicted molar refractivity (Wildman–Crippen MR) is 121 cm³/mol. The van der Waals surface area contributed by atoms with Gasteiger partial charge in [-0.05, 0) is 67.8 Å². The molecule has 0 aliphatic carbocycles. The molecule has 0 bridgehead atoms. The Kier molecular flexibility index (Phi) is 8.35. The van der Waals surface area contributed by atoms with Crippen molar-refractivity contribution in [3.05, 3.63) is 48.5 Å². The molecule has 1 atom stereocenters. The molecular formula is C23H30N2O6S. The molecule has 1 aliphatic rings. The number of methoxy groups -OCH3 is 1. The van der Waals surface area contributed by atoms with Crippen LogP contribution < -0.4 is 19.5 Å². The normalized spacial score (nSPS) is 15.2. The minimum atomic E-state index is -3.43. The molecule has 0 aromatic heterocycles. The van der Waals surface area contributed by atoms with Crippen LogP contribution >= 0.6 is 0 Å². The summed E-state index contributed by atoms with van der Waals surface area (Å²) in [5.41, 5.74) is 0. The average Bonchev–Trinajstić information content (AvgIpc) is 3.37. The molecule has 0 spiro atoms. The van der Waals surface area contributed by atoms with Gasteiger partial charge in [0.15, 0.2) is 6.10 Å². The lowest BCUT2D eigenvalue weighted by molar-refractivity contribution is -0.128. The Balaban J connectivity index is 1.44. The smallest absolute Gasteiger partial charge is 0.261 e. The van der Waals surface area contributed by atoms with Crippen molar-refractivity contribution in [2.75, 3.05) is 33.4 Å². The van der Waals surface area contributed by atoms with Crippen LogP contribution in [0.15, 0.2) is 53.4 Å². The third-order valence-electron chi connectivity index (χ3n) is 5.20. The number of benzene rings is 2. The van der Waals surface area contributed by atoms with Crippen molar-refractivity contribution in [3.63, 3.8) is 0 Å². The van der Waals surface area contributed by atoms with Crippen molar-refractivity contribution in [2.45, 2.75) is 37.2 Å². The second-order valence-electron chi connectivity index (χ2n) is 7.41. The van der Waals surface area contributed by atoms with Crippen molar-refractivity contribution in [1.29, 1.82) is 0 Å². The number of hydrogen-bond donors (Lipinski definition) is 1. The van der Waals surface area contributed by atoms with Crippen LogP contribution in [0.25, 0.3) is 0 Å². The van der Waals surface area contributed by atoms with Gasteiger partial charge in [-0.2, -0.15) is 4.31 Å². The van der Waals surface area contributed by atoms with Crippen LogP contribution in [-0.4, -0.2) is 58.1 Å². The summed E-state index contributed by atoms with van der Waals surface area (Å²) in [6.07, 6.45) is 1.70. The first-order chi connectivity index (χ1) is 15.4. The monoisotopic (exact) mass is 462 g/mol. The Labute approximate surface area is 189 Å². The lowest BCUT2D eigenvalue weighted by Gasteiger charge is -2.18. The number of nitrogens with one attached hydrogen (secondary N) is 1. The van der Waals surface area contributed by atoms with Gasteiger partial charge in [0.05, 0.1) is 18.6 Å². The summed E-state index contributed by atoms with van der Waals surface area (Å²) in [5, 5.41) is 2.80. The molecule has 2 aromatic rings. The van der Waals surface area contributed by atoms with Crippen LogP contribution in [0.5, 0.6) is 17.2 Å². The molecule has 1 N–H and O–H groups in total. The molecule has 1 saturated heterocycles. The van der Waals surface area contributed by atoms with Crippen LogP contribution in [0.1, 0.15) is 26.2 Å². The van der Waals surface area contributed by atoms with Gasteiger partial charge in [0.25, 0.3) is 5.91 Å². The maximum Gasteiger partial charge on any atom is 0.261 e. The zero-order chi connectivity index (χ0) is 23.0. The largest absolute Gasteiger partial charge is 0.497 e. The highest BCUT2D eigenvalue weighted by Gasteiger charge is 2.27. The zero-order valence-electron chi connectivity index (χ0n) is 18.5. The molecule has 9 heteroatoms. The van der Waals surface area contributed by atoms with Crippen LogP contribution in [0.2, 0.25) is 0 Å². The van der Waals surface area contributed by atoms with E-state index in [-0.39, 0.29) is 17.4 Å². The van der Waals surface area contributed by atoms with E-state index in [0.717, 1.165) is 12.8 Å². The van der Waals surface area contributed by atoms with Gasteiger partial charge in [-0.1, -0.05) is 6.92 Å². The highest BCUT2D eigenvalue weighted by atomic mass is 32.2. The first-order valence-corrected chi connectivity index (χ1v) is 12.2. The number of rotatable bonds is 11. The number of ether oxygens (including phenoxy) is 3. The molecule has 0 radical (unpaired) electrons. The fourth-order valence-corrected chi connectivity index (χ4v) is 4.90. The van der Waals surface area contributed by atoms with Gasteiger partial charge < -0.3 is 19.5 Å². The quantitative estimate of drug-likeness (QED) is 0.516. The number of carbonyl (C=O) groups excluding carboxylic acids is 1. The fraction of sp³-hybridized carbons (Fsp3) is 0.435. The van der Waals surface area contributed by atoms with Crippen molar-refractivity contribution in [1.82, 2.24) is 9.62 Å². The zero-order valence-corrected chi connectivity index (χ0v) is 19.3. The molecular weight excluding hydrogens is 432 g/mol. The molecule has 8 nitrogen and oxygen atoms in total. The number of sulfonamides is 1. The van der Waals surface area contributed by atoms with E-state index in [1.54, 1.807) is 55.6 Å². The molecule has 1 heterocycles. The Hall–Kier alpha value is -2.78. The number of amides is 1. The van der Waals surface area contributed by atoms with E-state index >= 15 is 0 Å². The van der Waals surface area contributed by atoms with Gasteiger partial charge in [-0.3, -0.25) is 4.79 Å². The van der Waals surface area contributed by atoms with Gasteiger partial charge >= 0.3 is 0 Å². The molecule has 1 aliphatic heterocycles. The lowest BCUT2D eigenvalue weighted by Crippen LogP contribution is -2.39. The summed E-state index contributed by atoms with van der Waals surface area (Å²) in [4.78, 5) is 12.7. The first kappa shape index (κ1) is 23.9. The van der Waals surface area contributed by atoms with Gasteiger partial charge in [-0.15, -0.1) is 0 Å². The highest BCUT2D eigenvalue weighted by Crippen LogP contribution is 2.23. The van der Waals surface area contributed by atoms with Crippen LogP contribution in [0.3, 0.4) is 0 Å². The minimum Gasteiger partial charge on any atom is -0.497 e. The van der Waals surface area contributed by atoms with E-state index in [1.165, 1.54) is 4.31 Å². The van der Waals surface area contributed by atoms with Crippen LogP contribution in [0.4, 0.5) is 0 Å². The molecule has 0 unspecified atom stereocenters. The van der Waals surface area contributed by atoms with Gasteiger partial charge in [0.2, 0.25) is 10.0 Å². The van der Waals surface area contributed by atoms with E-state index in [2.05, 4.69) is 5.32 Å². The average molecular weight is 463 g/mol. The summed E-state index contributed by atoms with van der Waals surface area (Å²) in [5.74, 6) is 1.63. The second kappa shape index (κ2) is 11.2. The molecule has 174 valence electrons. The Morgan fingerprint density at radius 1 is 1.00 bits per heavy atom. The summed E-state index contributed by atoms with van der Waals surface area (Å²) < 4.78 is 43.1. The van der Waals surface area contributed by atoms with Gasteiger partial charge in [0, 0.05) is 13.1 Å². The van der Waals surface area contributed by atoms with Gasteiger partial charge in [0.1, 0.15) is 23.9 Å². The van der Waals surface area contributed by atoms with Gasteiger partial charge in [-0.25, -0.2) is 8.42 Å². The first-order valence-electron chi connectivity index (χ1n) is 10.8. The summed E-state index contributed by atoms with van der Waals surface area (Å²) >= 11 is 0. The molecule has 1 fully saturated rings. The van der Waals surface area contributed by atoms with Crippen LogP contribution in [0, 0.1) is 0 Å². The predicted octanol–water partition coefficient (Wildman–Crippen LogP) is 2.83. The SMILES string of the molecule is CC[C@@H](Oc1ccc(OC)cc1)C(=O)NCCOc1ccc(S(=O)(=O)N2CCCC2)cc1. The Morgan fingerprint density at radius 3 is 2.19 bits per heavy atom. The van der Waals surface area contributed by atoms with E-state index in [1.807, 2.05) is 6.92 Å². The number of hydrogen-bond acceptors (Lipinski definition) is 6. The summed E-state index contributed by atoms with van der Waals surface area (Å²) in [6.45, 7) is 3.57. The molecule has 0 saturated carbocycles. The molecule has 3 rings (SSSR count). The fourth-order valence-electron chi connectivity index (χ4n) is 3.38. The Bertz CT molecular complexity index is 971. The van der Waals surface area contributed by atoms with E-state index in [4.69, 9.17) is 14.2 Å². The maximum atomic E-state index is 12.6. The van der Waals surface area contributed by atoms with Crippen LogP contribution in [-0.2, 0) is 14.8 Å². The maximum absolute atomic E-state index is 12.6. The summed E-state index contributed by atoms with van der Waals surface area (Å²) in [6, 6.07) is 13.4. The van der Waals surface area contributed by atoms with E-state index in [9.17, 15) is 13.2 Å². The van der Waals surface area contributed by atoms with Crippen molar-refractivity contribution >= 4 is 15.9 Å². The van der Waals surface area contributed by atoms with Crippen molar-refractivity contribution in [3.8, 4) is 17.2 Å². The molecule has 2 aromatic carbocycles. The van der Waals surface area contributed by atoms with E-state index < -0.39 is 16.1 Å². The second-order valence-corrected chi connectivity index (χ2v) is 9.35. The number of nitrogens with zero attached hydrogens (tertiary/aromatic N) is 1. The lowest BCUT2D eigenvalue weighted by atomic mass is 10.2. The van der Waals surface area contributed by atoms with Crippen molar-refractivity contribution in [2.24, 2.45) is 0 Å². The molecule has 32 heavy (non-hydrogen) atoms. The van der Waals surface area contributed by atoms with Crippen molar-refractivity contribution < 1.29 is 27.4 Å². The standard InChI is InChI=1S/C23H30N2O6S/c1-3-22(31-20-8-6-18(29-2)7-9-20)23(26)24-14-17-30-19-10-12-21(13-11-19)32(27,28)25-15-4-5-16-25/h6-13,22H,3-5,14-17H2,1-2H3,(H,24,26)/t22-/m1/s1. The topological polar surface area (TPSA) is 94.2 Å². The minimum absolute atomic E-state index is 0.223. The number of carbonyl (C=O) groups is 1. The molecule has 1 amide bonds. The summed E-state index contributed by atoms with van der Waals surface area (Å²) in [7, 11) is -1.85. The third-order valence-corrected chi connectivity index (χ3v) is 7.11. The van der Waals surface area contributed by atoms with E-state index in [0.29, 0.717) is 43.3 Å².